The maximum atomic E-state index is 12.9. The fourth-order valence-corrected chi connectivity index (χ4v) is 3.06. The summed E-state index contributed by atoms with van der Waals surface area (Å²) in [6.07, 6.45) is 2.94. The standard InChI is InChI=1S/C19H20N2O3/c20-17(14-8-10-15(11-9-14)19(23)24)18(22)21-12-4-3-6-13-5-1-2-7-16(13)21/h1-2,5,7-11,17H,3-4,6,12,20H2,(H,23,24). The molecule has 1 aliphatic rings. The molecule has 2 aromatic carbocycles. The highest BCUT2D eigenvalue weighted by Crippen LogP contribution is 2.28. The highest BCUT2D eigenvalue weighted by Gasteiger charge is 2.26. The summed E-state index contributed by atoms with van der Waals surface area (Å²) in [5, 5.41) is 8.96. The molecule has 1 heterocycles. The Kier molecular flexibility index (Phi) is 4.62. The summed E-state index contributed by atoms with van der Waals surface area (Å²) in [7, 11) is 0. The maximum absolute atomic E-state index is 12.9. The molecule has 2 aromatic rings. The largest absolute Gasteiger partial charge is 0.478 e. The first-order valence-electron chi connectivity index (χ1n) is 8.06. The second kappa shape index (κ2) is 6.84. The molecule has 0 bridgehead atoms. The van der Waals surface area contributed by atoms with E-state index in [4.69, 9.17) is 10.8 Å². The van der Waals surface area contributed by atoms with E-state index >= 15 is 0 Å². The van der Waals surface area contributed by atoms with Gasteiger partial charge in [-0.25, -0.2) is 4.79 Å². The van der Waals surface area contributed by atoms with E-state index < -0.39 is 12.0 Å². The van der Waals surface area contributed by atoms with Gasteiger partial charge < -0.3 is 15.7 Å². The zero-order valence-corrected chi connectivity index (χ0v) is 13.3. The van der Waals surface area contributed by atoms with Crippen LogP contribution in [0.15, 0.2) is 48.5 Å². The summed E-state index contributed by atoms with van der Waals surface area (Å²) in [5.74, 6) is -1.16. The fourth-order valence-electron chi connectivity index (χ4n) is 3.06. The predicted molar refractivity (Wildman–Crippen MR) is 92.1 cm³/mol. The Balaban J connectivity index is 1.86. The molecule has 1 atom stereocenters. The van der Waals surface area contributed by atoms with Gasteiger partial charge in [-0.15, -0.1) is 0 Å². The van der Waals surface area contributed by atoms with Crippen molar-refractivity contribution in [3.63, 3.8) is 0 Å². The van der Waals surface area contributed by atoms with Gasteiger partial charge in [0, 0.05) is 12.2 Å². The molecule has 0 fully saturated rings. The third-order valence-corrected chi connectivity index (χ3v) is 4.41. The van der Waals surface area contributed by atoms with Crippen LogP contribution in [0, 0.1) is 0 Å². The van der Waals surface area contributed by atoms with E-state index in [0.29, 0.717) is 12.1 Å². The van der Waals surface area contributed by atoms with Gasteiger partial charge >= 0.3 is 5.97 Å². The first-order valence-corrected chi connectivity index (χ1v) is 8.06. The van der Waals surface area contributed by atoms with Gasteiger partial charge in [0.05, 0.1) is 5.56 Å². The molecule has 0 spiro atoms. The number of rotatable bonds is 3. The Morgan fingerprint density at radius 1 is 1.04 bits per heavy atom. The van der Waals surface area contributed by atoms with Gasteiger partial charge in [-0.2, -0.15) is 0 Å². The van der Waals surface area contributed by atoms with Crippen molar-refractivity contribution in [2.75, 3.05) is 11.4 Å². The lowest BCUT2D eigenvalue weighted by atomic mass is 10.0. The number of aromatic carboxylic acids is 1. The molecule has 124 valence electrons. The van der Waals surface area contributed by atoms with Crippen LogP contribution < -0.4 is 10.6 Å². The first kappa shape index (κ1) is 16.2. The molecule has 3 rings (SSSR count). The summed E-state index contributed by atoms with van der Waals surface area (Å²) in [4.78, 5) is 25.6. The van der Waals surface area contributed by atoms with E-state index in [2.05, 4.69) is 0 Å². The molecule has 1 amide bonds. The minimum Gasteiger partial charge on any atom is -0.478 e. The SMILES string of the molecule is NC(C(=O)N1CCCCc2ccccc21)c1ccc(C(=O)O)cc1. The van der Waals surface area contributed by atoms with Gasteiger partial charge in [0.2, 0.25) is 5.91 Å². The van der Waals surface area contributed by atoms with Gasteiger partial charge in [0.15, 0.2) is 0 Å². The van der Waals surface area contributed by atoms with Crippen LogP contribution >= 0.6 is 0 Å². The van der Waals surface area contributed by atoms with Gasteiger partial charge in [0.25, 0.3) is 0 Å². The fraction of sp³-hybridized carbons (Fsp3) is 0.263. The highest BCUT2D eigenvalue weighted by atomic mass is 16.4. The van der Waals surface area contributed by atoms with Crippen molar-refractivity contribution in [3.05, 3.63) is 65.2 Å². The van der Waals surface area contributed by atoms with Crippen molar-refractivity contribution in [2.45, 2.75) is 25.3 Å². The van der Waals surface area contributed by atoms with Gasteiger partial charge in [-0.3, -0.25) is 4.79 Å². The maximum Gasteiger partial charge on any atom is 0.335 e. The molecule has 24 heavy (non-hydrogen) atoms. The number of carbonyl (C=O) groups excluding carboxylic acids is 1. The molecule has 1 aliphatic heterocycles. The molecule has 1 unspecified atom stereocenters. The van der Waals surface area contributed by atoms with E-state index in [1.165, 1.54) is 12.1 Å². The molecule has 0 radical (unpaired) electrons. The van der Waals surface area contributed by atoms with E-state index in [1.54, 1.807) is 17.0 Å². The Morgan fingerprint density at radius 3 is 2.46 bits per heavy atom. The van der Waals surface area contributed by atoms with E-state index in [9.17, 15) is 9.59 Å². The van der Waals surface area contributed by atoms with Gasteiger partial charge in [0.1, 0.15) is 6.04 Å². The molecular weight excluding hydrogens is 304 g/mol. The molecule has 0 aliphatic carbocycles. The monoisotopic (exact) mass is 324 g/mol. The average molecular weight is 324 g/mol. The van der Waals surface area contributed by atoms with Crippen LogP contribution in [0.1, 0.15) is 40.4 Å². The normalized spacial score (nSPS) is 15.3. The van der Waals surface area contributed by atoms with E-state index in [0.717, 1.165) is 30.5 Å². The summed E-state index contributed by atoms with van der Waals surface area (Å²) in [6, 6.07) is 13.3. The number of para-hydroxylation sites is 1. The van der Waals surface area contributed by atoms with Crippen LogP contribution in [0.5, 0.6) is 0 Å². The van der Waals surface area contributed by atoms with Crippen molar-refractivity contribution >= 4 is 17.6 Å². The number of carboxylic acid groups (broad SMARTS) is 1. The number of benzene rings is 2. The number of nitrogens with two attached hydrogens (primary N) is 1. The molecular formula is C19H20N2O3. The quantitative estimate of drug-likeness (QED) is 0.909. The number of hydrogen-bond donors (Lipinski definition) is 2. The minimum absolute atomic E-state index is 0.160. The number of fused-ring (bicyclic) bond motifs is 1. The van der Waals surface area contributed by atoms with Crippen molar-refractivity contribution < 1.29 is 14.7 Å². The second-order valence-corrected chi connectivity index (χ2v) is 5.98. The van der Waals surface area contributed by atoms with Crippen LogP contribution in [0.4, 0.5) is 5.69 Å². The summed E-state index contributed by atoms with van der Waals surface area (Å²) in [6.45, 7) is 0.650. The number of nitrogens with zero attached hydrogens (tertiary/aromatic N) is 1. The zero-order chi connectivity index (χ0) is 17.1. The summed E-state index contributed by atoms with van der Waals surface area (Å²) in [5.41, 5.74) is 9.05. The smallest absolute Gasteiger partial charge is 0.335 e. The van der Waals surface area contributed by atoms with Crippen LogP contribution in [0.25, 0.3) is 0 Å². The lowest BCUT2D eigenvalue weighted by Gasteiger charge is -2.26. The predicted octanol–water partition coefficient (Wildman–Crippen LogP) is 2.75. The average Bonchev–Trinajstić information content (AvgIpc) is 2.83. The summed E-state index contributed by atoms with van der Waals surface area (Å²) < 4.78 is 0. The van der Waals surface area contributed by atoms with Crippen LogP contribution in [-0.2, 0) is 11.2 Å². The Bertz CT molecular complexity index is 755. The van der Waals surface area contributed by atoms with Crippen LogP contribution in [0.3, 0.4) is 0 Å². The third-order valence-electron chi connectivity index (χ3n) is 4.41. The van der Waals surface area contributed by atoms with E-state index in [-0.39, 0.29) is 11.5 Å². The van der Waals surface area contributed by atoms with Gasteiger partial charge in [-0.1, -0.05) is 30.3 Å². The molecule has 0 saturated heterocycles. The van der Waals surface area contributed by atoms with E-state index in [1.807, 2.05) is 24.3 Å². The molecule has 3 N–H and O–H groups in total. The lowest BCUT2D eigenvalue weighted by molar-refractivity contribution is -0.120. The number of anilines is 1. The van der Waals surface area contributed by atoms with Crippen molar-refractivity contribution in [3.8, 4) is 0 Å². The third kappa shape index (κ3) is 3.16. The van der Waals surface area contributed by atoms with Gasteiger partial charge in [-0.05, 0) is 48.6 Å². The first-order chi connectivity index (χ1) is 11.6. The van der Waals surface area contributed by atoms with Crippen LogP contribution in [0.2, 0.25) is 0 Å². The summed E-state index contributed by atoms with van der Waals surface area (Å²) >= 11 is 0. The number of carboxylic acids is 1. The van der Waals surface area contributed by atoms with Crippen molar-refractivity contribution in [2.24, 2.45) is 5.73 Å². The zero-order valence-electron chi connectivity index (χ0n) is 13.3. The number of aryl methyl sites for hydroxylation is 1. The molecule has 0 aromatic heterocycles. The Morgan fingerprint density at radius 2 is 1.75 bits per heavy atom. The second-order valence-electron chi connectivity index (χ2n) is 5.98. The minimum atomic E-state index is -0.997. The number of hydrogen-bond acceptors (Lipinski definition) is 3. The van der Waals surface area contributed by atoms with Crippen molar-refractivity contribution in [1.29, 1.82) is 0 Å². The molecule has 5 nitrogen and oxygen atoms in total. The van der Waals surface area contributed by atoms with Crippen LogP contribution in [-0.4, -0.2) is 23.5 Å². The van der Waals surface area contributed by atoms with Crippen molar-refractivity contribution in [1.82, 2.24) is 0 Å². The molecule has 0 saturated carbocycles. The number of carbonyl (C=O) groups is 2. The Labute approximate surface area is 140 Å². The molecule has 5 heteroatoms. The lowest BCUT2D eigenvalue weighted by Crippen LogP contribution is -2.39. The highest BCUT2D eigenvalue weighted by molar-refractivity contribution is 5.98. The number of amides is 1. The Hall–Kier alpha value is -2.66. The topological polar surface area (TPSA) is 83.6 Å².